The van der Waals surface area contributed by atoms with Crippen LogP contribution < -0.4 is 5.32 Å². The Morgan fingerprint density at radius 3 is 3.00 bits per heavy atom. The van der Waals surface area contributed by atoms with Crippen LogP contribution in [-0.2, 0) is 17.8 Å². The Morgan fingerprint density at radius 1 is 1.56 bits per heavy atom. The van der Waals surface area contributed by atoms with Crippen LogP contribution in [0.3, 0.4) is 0 Å². The van der Waals surface area contributed by atoms with Gasteiger partial charge in [0.25, 0.3) is 0 Å². The van der Waals surface area contributed by atoms with E-state index in [1.54, 1.807) is 0 Å². The van der Waals surface area contributed by atoms with Gasteiger partial charge in [-0.3, -0.25) is 9.48 Å². The fourth-order valence-corrected chi connectivity index (χ4v) is 3.28. The quantitative estimate of drug-likeness (QED) is 0.875. The molecule has 1 aliphatic heterocycles. The molecule has 1 saturated carbocycles. The fraction of sp³-hybridized carbons (Fsp3) is 0.714. The molecule has 1 aromatic rings. The molecule has 1 unspecified atom stereocenters. The first-order valence-corrected chi connectivity index (χ1v) is 6.98. The molecule has 2 heterocycles. The van der Waals surface area contributed by atoms with Gasteiger partial charge in [0, 0.05) is 25.1 Å². The first-order valence-electron chi connectivity index (χ1n) is 6.98. The van der Waals surface area contributed by atoms with Crippen LogP contribution >= 0.6 is 0 Å². The summed E-state index contributed by atoms with van der Waals surface area (Å²) in [5.74, 6) is 0.747. The molecule has 1 aromatic heterocycles. The summed E-state index contributed by atoms with van der Waals surface area (Å²) in [4.78, 5) is 12.3. The molecule has 98 valence electrons. The van der Waals surface area contributed by atoms with E-state index in [0.717, 1.165) is 31.6 Å². The van der Waals surface area contributed by atoms with Crippen molar-refractivity contribution in [1.82, 2.24) is 15.1 Å². The Balaban J connectivity index is 1.59. The van der Waals surface area contributed by atoms with Crippen LogP contribution in [0.2, 0.25) is 0 Å². The summed E-state index contributed by atoms with van der Waals surface area (Å²) in [5, 5.41) is 7.60. The lowest BCUT2D eigenvalue weighted by Crippen LogP contribution is -2.30. The van der Waals surface area contributed by atoms with E-state index in [0.29, 0.717) is 23.5 Å². The highest BCUT2D eigenvalue weighted by molar-refractivity contribution is 5.86. The van der Waals surface area contributed by atoms with Gasteiger partial charge in [-0.15, -0.1) is 0 Å². The summed E-state index contributed by atoms with van der Waals surface area (Å²) in [6.45, 7) is 5.09. The van der Waals surface area contributed by atoms with Crippen LogP contribution in [0.15, 0.2) is 12.4 Å². The minimum Gasteiger partial charge on any atom is -0.317 e. The summed E-state index contributed by atoms with van der Waals surface area (Å²) in [6, 6.07) is 0. The van der Waals surface area contributed by atoms with Gasteiger partial charge in [0.05, 0.1) is 6.20 Å². The smallest absolute Gasteiger partial charge is 0.141 e. The van der Waals surface area contributed by atoms with Crippen molar-refractivity contribution in [3.63, 3.8) is 0 Å². The van der Waals surface area contributed by atoms with Crippen molar-refractivity contribution in [2.24, 2.45) is 11.3 Å². The maximum Gasteiger partial charge on any atom is 0.141 e. The third-order valence-corrected chi connectivity index (χ3v) is 4.57. The molecule has 3 rings (SSSR count). The lowest BCUT2D eigenvalue weighted by Gasteiger charge is -2.23. The maximum atomic E-state index is 12.3. The second-order valence-corrected chi connectivity index (χ2v) is 5.72. The summed E-state index contributed by atoms with van der Waals surface area (Å²) in [7, 11) is 0. The number of carbonyl (C=O) groups excluding carboxylic acids is 1. The van der Waals surface area contributed by atoms with E-state index in [2.05, 4.69) is 17.3 Å². The van der Waals surface area contributed by atoms with E-state index < -0.39 is 0 Å². The van der Waals surface area contributed by atoms with Gasteiger partial charge >= 0.3 is 0 Å². The number of ketones is 1. The molecular formula is C14H21N3O. The molecule has 1 saturated heterocycles. The van der Waals surface area contributed by atoms with E-state index in [4.69, 9.17) is 0 Å². The lowest BCUT2D eigenvalue weighted by molar-refractivity contribution is -0.120. The Kier molecular flexibility index (Phi) is 2.98. The molecule has 4 heteroatoms. The molecular weight excluding hydrogens is 226 g/mol. The van der Waals surface area contributed by atoms with Gasteiger partial charge in [0.1, 0.15) is 5.78 Å². The first-order chi connectivity index (χ1) is 8.73. The number of Topliss-reactive ketones (excluding diaryl/α,β-unsaturated/α-hetero) is 1. The third kappa shape index (κ3) is 2.09. The number of hydrogen-bond donors (Lipinski definition) is 1. The molecule has 1 atom stereocenters. The van der Waals surface area contributed by atoms with Gasteiger partial charge in [-0.05, 0) is 50.3 Å². The predicted octanol–water partition coefficient (Wildman–Crippen LogP) is 1.40. The van der Waals surface area contributed by atoms with Crippen molar-refractivity contribution in [2.45, 2.75) is 39.2 Å². The molecule has 1 N–H and O–H groups in total. The van der Waals surface area contributed by atoms with Crippen LogP contribution in [0, 0.1) is 11.3 Å². The average molecular weight is 247 g/mol. The zero-order chi connectivity index (χ0) is 12.6. The largest absolute Gasteiger partial charge is 0.317 e. The minimum absolute atomic E-state index is 0.324. The van der Waals surface area contributed by atoms with E-state index in [1.807, 2.05) is 17.1 Å². The van der Waals surface area contributed by atoms with Crippen LogP contribution in [0.1, 0.15) is 31.7 Å². The van der Waals surface area contributed by atoms with E-state index in [9.17, 15) is 4.79 Å². The lowest BCUT2D eigenvalue weighted by atomic mass is 9.90. The van der Waals surface area contributed by atoms with Gasteiger partial charge in [-0.2, -0.15) is 5.10 Å². The number of nitrogens with zero attached hydrogens (tertiary/aromatic N) is 2. The van der Waals surface area contributed by atoms with Crippen LogP contribution in [0.5, 0.6) is 0 Å². The maximum absolute atomic E-state index is 12.3. The summed E-state index contributed by atoms with van der Waals surface area (Å²) >= 11 is 0. The topological polar surface area (TPSA) is 46.9 Å². The minimum atomic E-state index is 0.324. The van der Waals surface area contributed by atoms with Crippen molar-refractivity contribution >= 4 is 5.78 Å². The number of rotatable bonds is 4. The number of aryl methyl sites for hydroxylation is 1. The Bertz CT molecular complexity index is 446. The molecule has 1 aliphatic carbocycles. The molecule has 0 aromatic carbocycles. The molecule has 4 nitrogen and oxygen atoms in total. The molecule has 0 bridgehead atoms. The Hall–Kier alpha value is -1.16. The number of nitrogens with one attached hydrogen (secondary N) is 1. The van der Waals surface area contributed by atoms with Crippen molar-refractivity contribution in [1.29, 1.82) is 0 Å². The van der Waals surface area contributed by atoms with Gasteiger partial charge in [-0.1, -0.05) is 0 Å². The van der Waals surface area contributed by atoms with E-state index in [1.165, 1.54) is 12.8 Å². The number of aromatic nitrogens is 2. The first kappa shape index (κ1) is 11.9. The molecule has 2 aliphatic rings. The van der Waals surface area contributed by atoms with Crippen molar-refractivity contribution in [3.8, 4) is 0 Å². The van der Waals surface area contributed by atoms with Crippen LogP contribution in [-0.4, -0.2) is 28.7 Å². The van der Waals surface area contributed by atoms with E-state index in [-0.39, 0.29) is 0 Å². The highest BCUT2D eigenvalue weighted by Crippen LogP contribution is 2.59. The van der Waals surface area contributed by atoms with E-state index >= 15 is 0 Å². The van der Waals surface area contributed by atoms with Gasteiger partial charge in [0.2, 0.25) is 0 Å². The number of carbonyl (C=O) groups is 1. The standard InChI is InChI=1S/C14H21N3O/c1-2-17-10-11(9-16-17)7-13(18)12-8-14(12)3-5-15-6-4-14/h9-10,12,15H,2-8H2,1H3. The molecule has 2 fully saturated rings. The van der Waals surface area contributed by atoms with Crippen molar-refractivity contribution in [2.75, 3.05) is 13.1 Å². The summed E-state index contributed by atoms with van der Waals surface area (Å²) in [6.07, 6.45) is 7.87. The van der Waals surface area contributed by atoms with Crippen molar-refractivity contribution in [3.05, 3.63) is 18.0 Å². The Morgan fingerprint density at radius 2 is 2.33 bits per heavy atom. The van der Waals surface area contributed by atoms with Crippen LogP contribution in [0.25, 0.3) is 0 Å². The number of hydrogen-bond acceptors (Lipinski definition) is 3. The molecule has 0 amide bonds. The molecule has 0 radical (unpaired) electrons. The van der Waals surface area contributed by atoms with Crippen molar-refractivity contribution < 1.29 is 4.79 Å². The normalized spacial score (nSPS) is 25.3. The Labute approximate surface area is 108 Å². The third-order valence-electron chi connectivity index (χ3n) is 4.57. The fourth-order valence-electron chi connectivity index (χ4n) is 3.28. The zero-order valence-corrected chi connectivity index (χ0v) is 11.0. The molecule has 1 spiro atoms. The second kappa shape index (κ2) is 4.50. The number of piperidine rings is 1. The van der Waals surface area contributed by atoms with Gasteiger partial charge in [0.15, 0.2) is 0 Å². The highest BCUT2D eigenvalue weighted by Gasteiger charge is 2.56. The van der Waals surface area contributed by atoms with Gasteiger partial charge in [-0.25, -0.2) is 0 Å². The molecule has 18 heavy (non-hydrogen) atoms. The average Bonchev–Trinajstić information content (AvgIpc) is 2.88. The monoisotopic (exact) mass is 247 g/mol. The zero-order valence-electron chi connectivity index (χ0n) is 11.0. The summed E-state index contributed by atoms with van der Waals surface area (Å²) < 4.78 is 1.88. The van der Waals surface area contributed by atoms with Crippen LogP contribution in [0.4, 0.5) is 0 Å². The predicted molar refractivity (Wildman–Crippen MR) is 69.3 cm³/mol. The second-order valence-electron chi connectivity index (χ2n) is 5.72. The van der Waals surface area contributed by atoms with Gasteiger partial charge < -0.3 is 5.32 Å². The highest BCUT2D eigenvalue weighted by atomic mass is 16.1. The summed E-state index contributed by atoms with van der Waals surface area (Å²) in [5.41, 5.74) is 1.43. The SMILES string of the molecule is CCn1cc(CC(=O)C2CC23CCNCC3)cn1.